The first-order valence-corrected chi connectivity index (χ1v) is 6.00. The molecule has 96 valence electrons. The number of hydrogen-bond acceptors (Lipinski definition) is 4. The number of rotatable bonds is 3. The molecule has 0 bridgehead atoms. The minimum absolute atomic E-state index is 0.320. The van der Waals surface area contributed by atoms with E-state index in [-0.39, 0.29) is 0 Å². The third-order valence-electron chi connectivity index (χ3n) is 2.73. The van der Waals surface area contributed by atoms with Crippen molar-refractivity contribution in [3.63, 3.8) is 0 Å². The Balaban J connectivity index is 2.57. The molecule has 0 unspecified atom stereocenters. The number of anilines is 1. The second kappa shape index (κ2) is 4.90. The number of benzene rings is 1. The van der Waals surface area contributed by atoms with Crippen molar-refractivity contribution in [1.29, 1.82) is 0 Å². The Morgan fingerprint density at radius 3 is 2.56 bits per heavy atom. The lowest BCUT2D eigenvalue weighted by atomic mass is 10.00. The van der Waals surface area contributed by atoms with E-state index in [0.717, 1.165) is 11.1 Å². The van der Waals surface area contributed by atoms with Crippen molar-refractivity contribution in [3.8, 4) is 17.1 Å². The molecule has 2 aromatic rings. The lowest BCUT2D eigenvalue weighted by Crippen LogP contribution is -1.94. The van der Waals surface area contributed by atoms with Crippen LogP contribution in [0.1, 0.15) is 25.3 Å². The van der Waals surface area contributed by atoms with Gasteiger partial charge in [-0.1, -0.05) is 30.6 Å². The summed E-state index contributed by atoms with van der Waals surface area (Å²) < 4.78 is 10.5. The fourth-order valence-corrected chi connectivity index (χ4v) is 2.17. The fourth-order valence-electron chi connectivity index (χ4n) is 1.79. The number of ether oxygens (including phenoxy) is 1. The third-order valence-corrected chi connectivity index (χ3v) is 3.06. The molecule has 0 saturated carbocycles. The molecule has 1 aromatic carbocycles. The van der Waals surface area contributed by atoms with Crippen LogP contribution in [0.3, 0.4) is 0 Å². The average molecular weight is 267 g/mol. The average Bonchev–Trinajstić information content (AvgIpc) is 2.75. The second-order valence-corrected chi connectivity index (χ2v) is 4.75. The van der Waals surface area contributed by atoms with Crippen LogP contribution in [0.4, 0.5) is 5.82 Å². The summed E-state index contributed by atoms with van der Waals surface area (Å²) in [6, 6.07) is 5.37. The minimum atomic E-state index is 0.320. The Morgan fingerprint density at radius 1 is 1.33 bits per heavy atom. The van der Waals surface area contributed by atoms with Crippen LogP contribution in [0.2, 0.25) is 5.02 Å². The highest BCUT2D eigenvalue weighted by Crippen LogP contribution is 2.37. The van der Waals surface area contributed by atoms with E-state index >= 15 is 0 Å². The largest absolute Gasteiger partial charge is 0.496 e. The zero-order chi connectivity index (χ0) is 13.3. The van der Waals surface area contributed by atoms with Crippen LogP contribution in [0.5, 0.6) is 5.75 Å². The predicted molar refractivity (Wildman–Crippen MR) is 72.0 cm³/mol. The highest BCUT2D eigenvalue weighted by molar-refractivity contribution is 6.31. The van der Waals surface area contributed by atoms with E-state index in [9.17, 15) is 0 Å². The summed E-state index contributed by atoms with van der Waals surface area (Å²) in [6.45, 7) is 4.15. The smallest absolute Gasteiger partial charge is 0.172 e. The van der Waals surface area contributed by atoms with Crippen molar-refractivity contribution in [2.75, 3.05) is 12.8 Å². The van der Waals surface area contributed by atoms with Gasteiger partial charge in [0.1, 0.15) is 5.75 Å². The molecule has 4 nitrogen and oxygen atoms in total. The van der Waals surface area contributed by atoms with Gasteiger partial charge in [0.25, 0.3) is 0 Å². The molecule has 0 amide bonds. The van der Waals surface area contributed by atoms with Gasteiger partial charge in [-0.3, -0.25) is 0 Å². The molecule has 0 aliphatic rings. The monoisotopic (exact) mass is 266 g/mol. The molecule has 0 aliphatic heterocycles. The number of halogens is 1. The summed E-state index contributed by atoms with van der Waals surface area (Å²) >= 11 is 6.26. The summed E-state index contributed by atoms with van der Waals surface area (Å²) in [5.74, 6) is 1.89. The Labute approximate surface area is 111 Å². The van der Waals surface area contributed by atoms with Gasteiger partial charge in [-0.2, -0.15) is 0 Å². The zero-order valence-electron chi connectivity index (χ0n) is 10.5. The van der Waals surface area contributed by atoms with E-state index in [4.69, 9.17) is 26.6 Å². The van der Waals surface area contributed by atoms with Crippen molar-refractivity contribution >= 4 is 17.4 Å². The highest BCUT2D eigenvalue weighted by Gasteiger charge is 2.16. The number of methoxy groups -OCH3 is 1. The lowest BCUT2D eigenvalue weighted by molar-refractivity contribution is 0.406. The third kappa shape index (κ3) is 2.29. The number of nitrogens with two attached hydrogens (primary N) is 1. The predicted octanol–water partition coefficient (Wildman–Crippen LogP) is 3.71. The lowest BCUT2D eigenvalue weighted by Gasteiger charge is -2.13. The van der Waals surface area contributed by atoms with E-state index in [2.05, 4.69) is 19.0 Å². The SMILES string of the molecule is COc1cc(C(C)C)c(Cl)cc1-c1cc(N)no1. The van der Waals surface area contributed by atoms with Gasteiger partial charge in [0, 0.05) is 11.1 Å². The molecule has 2 N–H and O–H groups in total. The fraction of sp³-hybridized carbons (Fsp3) is 0.308. The molecular formula is C13H15ClN2O2. The number of aromatic nitrogens is 1. The maximum atomic E-state index is 6.26. The first-order valence-electron chi connectivity index (χ1n) is 5.63. The molecule has 0 fully saturated rings. The molecule has 1 heterocycles. The molecule has 0 radical (unpaired) electrons. The van der Waals surface area contributed by atoms with Crippen LogP contribution in [0, 0.1) is 0 Å². The standard InChI is InChI=1S/C13H15ClN2O2/c1-7(2)8-5-11(17-3)9(4-10(8)14)12-6-13(15)16-18-12/h4-7H,1-3H3,(H2,15,16). The molecule has 5 heteroatoms. The number of hydrogen-bond donors (Lipinski definition) is 1. The zero-order valence-corrected chi connectivity index (χ0v) is 11.3. The maximum Gasteiger partial charge on any atom is 0.172 e. The maximum absolute atomic E-state index is 6.26. The van der Waals surface area contributed by atoms with Crippen molar-refractivity contribution in [2.24, 2.45) is 0 Å². The van der Waals surface area contributed by atoms with Crippen LogP contribution in [-0.2, 0) is 0 Å². The molecule has 0 atom stereocenters. The van der Waals surface area contributed by atoms with Crippen molar-refractivity contribution in [2.45, 2.75) is 19.8 Å². The second-order valence-electron chi connectivity index (χ2n) is 4.34. The Bertz CT molecular complexity index is 564. The van der Waals surface area contributed by atoms with Crippen molar-refractivity contribution in [1.82, 2.24) is 5.16 Å². The highest BCUT2D eigenvalue weighted by atomic mass is 35.5. The van der Waals surface area contributed by atoms with E-state index in [0.29, 0.717) is 28.3 Å². The van der Waals surface area contributed by atoms with E-state index < -0.39 is 0 Å². The molecular weight excluding hydrogens is 252 g/mol. The van der Waals surface area contributed by atoms with Gasteiger partial charge >= 0.3 is 0 Å². The summed E-state index contributed by atoms with van der Waals surface area (Å²) in [6.07, 6.45) is 0. The van der Waals surface area contributed by atoms with E-state index in [1.165, 1.54) is 0 Å². The Hall–Kier alpha value is -1.68. The topological polar surface area (TPSA) is 61.3 Å². The molecule has 0 saturated heterocycles. The van der Waals surface area contributed by atoms with E-state index in [1.807, 2.05) is 12.1 Å². The van der Waals surface area contributed by atoms with Gasteiger partial charge in [-0.25, -0.2) is 0 Å². The van der Waals surface area contributed by atoms with Gasteiger partial charge in [0.2, 0.25) is 0 Å². The number of nitrogen functional groups attached to an aromatic ring is 1. The van der Waals surface area contributed by atoms with Gasteiger partial charge in [-0.05, 0) is 23.6 Å². The minimum Gasteiger partial charge on any atom is -0.496 e. The first-order chi connectivity index (χ1) is 8.52. The summed E-state index contributed by atoms with van der Waals surface area (Å²) in [5, 5.41) is 4.34. The summed E-state index contributed by atoms with van der Waals surface area (Å²) in [5.41, 5.74) is 7.32. The quantitative estimate of drug-likeness (QED) is 0.920. The van der Waals surface area contributed by atoms with Gasteiger partial charge in [0.05, 0.1) is 12.7 Å². The van der Waals surface area contributed by atoms with Crippen LogP contribution in [0.15, 0.2) is 22.7 Å². The molecule has 0 aliphatic carbocycles. The Morgan fingerprint density at radius 2 is 2.06 bits per heavy atom. The first kappa shape index (κ1) is 12.8. The van der Waals surface area contributed by atoms with E-state index in [1.54, 1.807) is 13.2 Å². The van der Waals surface area contributed by atoms with Crippen molar-refractivity contribution in [3.05, 3.63) is 28.8 Å². The normalized spacial score (nSPS) is 10.9. The molecule has 18 heavy (non-hydrogen) atoms. The summed E-state index contributed by atoms with van der Waals surface area (Å²) in [7, 11) is 1.61. The van der Waals surface area contributed by atoms with Gasteiger partial charge in [0.15, 0.2) is 11.6 Å². The summed E-state index contributed by atoms with van der Waals surface area (Å²) in [4.78, 5) is 0. The van der Waals surface area contributed by atoms with Crippen LogP contribution < -0.4 is 10.5 Å². The van der Waals surface area contributed by atoms with Crippen LogP contribution in [-0.4, -0.2) is 12.3 Å². The van der Waals surface area contributed by atoms with Gasteiger partial charge in [-0.15, -0.1) is 0 Å². The van der Waals surface area contributed by atoms with Crippen LogP contribution >= 0.6 is 11.6 Å². The molecule has 2 rings (SSSR count). The Kier molecular flexibility index (Phi) is 3.48. The van der Waals surface area contributed by atoms with Crippen molar-refractivity contribution < 1.29 is 9.26 Å². The molecule has 0 spiro atoms. The van der Waals surface area contributed by atoms with Crippen LogP contribution in [0.25, 0.3) is 11.3 Å². The molecule has 1 aromatic heterocycles. The number of nitrogens with zero attached hydrogens (tertiary/aromatic N) is 1. The van der Waals surface area contributed by atoms with Gasteiger partial charge < -0.3 is 15.0 Å².